The number of benzene rings is 1. The minimum absolute atomic E-state index is 0.0389. The van der Waals surface area contributed by atoms with Crippen LogP contribution in [0.4, 0.5) is 22.0 Å². The summed E-state index contributed by atoms with van der Waals surface area (Å²) in [5.41, 5.74) is 2.69. The van der Waals surface area contributed by atoms with Gasteiger partial charge in [0.2, 0.25) is 0 Å². The number of nitrogens with zero attached hydrogens (tertiary/aromatic N) is 2. The van der Waals surface area contributed by atoms with Crippen LogP contribution >= 0.6 is 0 Å². The van der Waals surface area contributed by atoms with Crippen molar-refractivity contribution >= 4 is 0 Å². The van der Waals surface area contributed by atoms with E-state index in [-0.39, 0.29) is 6.42 Å². The Balaban J connectivity index is 1.74. The quantitative estimate of drug-likeness (QED) is 0.848. The lowest BCUT2D eigenvalue weighted by molar-refractivity contribution is -0.136. The van der Waals surface area contributed by atoms with Gasteiger partial charge in [-0.05, 0) is 31.2 Å². The van der Waals surface area contributed by atoms with Gasteiger partial charge in [0.25, 0.3) is 0 Å². The number of rotatable bonds is 4. The number of nitrogens with one attached hydrogen (secondary N) is 1. The Morgan fingerprint density at radius 2 is 1.96 bits per heavy atom. The summed E-state index contributed by atoms with van der Waals surface area (Å²) in [5.74, 6) is -1.89. The van der Waals surface area contributed by atoms with Crippen LogP contribution in [-0.2, 0) is 13.0 Å². The van der Waals surface area contributed by atoms with Gasteiger partial charge in [-0.2, -0.15) is 18.3 Å². The molecule has 1 aromatic carbocycles. The molecule has 1 aromatic heterocycles. The van der Waals surface area contributed by atoms with Gasteiger partial charge >= 0.3 is 6.18 Å². The summed E-state index contributed by atoms with van der Waals surface area (Å²) in [5, 5.41) is 7.06. The average molecular weight is 345 g/mol. The maximum atomic E-state index is 13.4. The summed E-state index contributed by atoms with van der Waals surface area (Å²) < 4.78 is 63.3. The van der Waals surface area contributed by atoms with E-state index in [9.17, 15) is 22.0 Å². The largest absolute Gasteiger partial charge is 0.389 e. The molecule has 3 rings (SSSR count). The highest BCUT2D eigenvalue weighted by Gasteiger charge is 2.28. The molecule has 0 radical (unpaired) electrons. The van der Waals surface area contributed by atoms with E-state index in [4.69, 9.17) is 0 Å². The second-order valence-corrected chi connectivity index (χ2v) is 5.90. The van der Waals surface area contributed by atoms with Crippen LogP contribution in [0.3, 0.4) is 0 Å². The number of hydrogen-bond donors (Lipinski definition) is 1. The molecule has 1 aliphatic heterocycles. The van der Waals surface area contributed by atoms with Crippen molar-refractivity contribution < 1.29 is 22.0 Å². The van der Waals surface area contributed by atoms with Gasteiger partial charge < -0.3 is 0 Å². The molecule has 2 aromatic rings. The first-order valence-corrected chi connectivity index (χ1v) is 7.64. The molecular formula is C16H16F5N3. The van der Waals surface area contributed by atoms with E-state index in [0.29, 0.717) is 37.3 Å². The van der Waals surface area contributed by atoms with Crippen LogP contribution in [0.15, 0.2) is 18.2 Å². The molecule has 0 bridgehead atoms. The number of aromatic amines is 1. The Bertz CT molecular complexity index is 723. The Labute approximate surface area is 135 Å². The third-order valence-corrected chi connectivity index (χ3v) is 4.14. The van der Waals surface area contributed by atoms with Gasteiger partial charge in [-0.1, -0.05) is 0 Å². The number of H-pyrrole nitrogens is 1. The molecule has 0 saturated heterocycles. The van der Waals surface area contributed by atoms with E-state index in [1.54, 1.807) is 0 Å². The average Bonchev–Trinajstić information content (AvgIpc) is 2.92. The number of halogens is 5. The first-order chi connectivity index (χ1) is 11.3. The molecule has 24 heavy (non-hydrogen) atoms. The number of hydrogen-bond acceptors (Lipinski definition) is 2. The van der Waals surface area contributed by atoms with Crippen molar-refractivity contribution in [1.29, 1.82) is 0 Å². The van der Waals surface area contributed by atoms with Crippen LogP contribution in [0.1, 0.15) is 24.1 Å². The maximum absolute atomic E-state index is 13.4. The molecule has 0 aliphatic carbocycles. The van der Waals surface area contributed by atoms with Crippen molar-refractivity contribution in [3.05, 3.63) is 41.1 Å². The van der Waals surface area contributed by atoms with Gasteiger partial charge in [0.05, 0.1) is 5.69 Å². The zero-order chi connectivity index (χ0) is 17.3. The van der Waals surface area contributed by atoms with Gasteiger partial charge in [-0.15, -0.1) is 0 Å². The van der Waals surface area contributed by atoms with E-state index >= 15 is 0 Å². The highest BCUT2D eigenvalue weighted by Crippen LogP contribution is 2.30. The van der Waals surface area contributed by atoms with Crippen molar-refractivity contribution in [3.63, 3.8) is 0 Å². The summed E-state index contributed by atoms with van der Waals surface area (Å²) >= 11 is 0. The van der Waals surface area contributed by atoms with E-state index in [1.165, 1.54) is 6.07 Å². The SMILES string of the molecule is Fc1ccc(-c2n[nH]c3c2CN(CCCC(F)(F)F)CC3)cc1F. The molecule has 0 spiro atoms. The summed E-state index contributed by atoms with van der Waals surface area (Å²) in [6.45, 7) is 1.42. The highest BCUT2D eigenvalue weighted by molar-refractivity contribution is 5.64. The van der Waals surface area contributed by atoms with Crippen LogP contribution in [0, 0.1) is 11.6 Å². The van der Waals surface area contributed by atoms with Crippen LogP contribution in [0.25, 0.3) is 11.3 Å². The molecule has 0 unspecified atom stereocenters. The molecular weight excluding hydrogens is 329 g/mol. The minimum Gasteiger partial charge on any atom is -0.299 e. The monoisotopic (exact) mass is 345 g/mol. The molecule has 2 heterocycles. The van der Waals surface area contributed by atoms with Gasteiger partial charge in [-0.3, -0.25) is 10.00 Å². The fourth-order valence-electron chi connectivity index (χ4n) is 2.93. The van der Waals surface area contributed by atoms with Crippen molar-refractivity contribution in [2.24, 2.45) is 0 Å². The minimum atomic E-state index is -4.15. The van der Waals surface area contributed by atoms with Crippen molar-refractivity contribution in [2.75, 3.05) is 13.1 Å². The third kappa shape index (κ3) is 3.75. The second-order valence-electron chi connectivity index (χ2n) is 5.90. The normalized spacial score (nSPS) is 15.5. The number of alkyl halides is 3. The Morgan fingerprint density at radius 3 is 2.67 bits per heavy atom. The first kappa shape index (κ1) is 16.9. The highest BCUT2D eigenvalue weighted by atomic mass is 19.4. The molecule has 0 saturated carbocycles. The van der Waals surface area contributed by atoms with Gasteiger partial charge in [-0.25, -0.2) is 8.78 Å². The molecule has 3 nitrogen and oxygen atoms in total. The van der Waals surface area contributed by atoms with Crippen LogP contribution in [0.2, 0.25) is 0 Å². The summed E-state index contributed by atoms with van der Waals surface area (Å²) in [6.07, 6.45) is -4.28. The second kappa shape index (κ2) is 6.51. The molecule has 1 N–H and O–H groups in total. The standard InChI is InChI=1S/C16H16F5N3/c17-12-3-2-10(8-13(12)18)15-11-9-24(6-1-5-16(19,20)21)7-4-14(11)22-23-15/h2-3,8H,1,4-7,9H2,(H,22,23). The predicted octanol–water partition coefficient (Wildman–Crippen LogP) is 4.06. The lowest BCUT2D eigenvalue weighted by Gasteiger charge is -2.27. The number of aromatic nitrogens is 2. The van der Waals surface area contributed by atoms with Gasteiger partial charge in [0, 0.05) is 42.8 Å². The topological polar surface area (TPSA) is 31.9 Å². The summed E-state index contributed by atoms with van der Waals surface area (Å²) in [4.78, 5) is 1.92. The van der Waals surface area contributed by atoms with E-state index in [1.807, 2.05) is 4.90 Å². The van der Waals surface area contributed by atoms with Crippen LogP contribution < -0.4 is 0 Å². The van der Waals surface area contributed by atoms with E-state index in [2.05, 4.69) is 10.2 Å². The Hall–Kier alpha value is -1.96. The van der Waals surface area contributed by atoms with Crippen molar-refractivity contribution in [1.82, 2.24) is 15.1 Å². The zero-order valence-corrected chi connectivity index (χ0v) is 12.8. The van der Waals surface area contributed by atoms with Crippen LogP contribution in [-0.4, -0.2) is 34.4 Å². The van der Waals surface area contributed by atoms with Crippen LogP contribution in [0.5, 0.6) is 0 Å². The first-order valence-electron chi connectivity index (χ1n) is 7.64. The lowest BCUT2D eigenvalue weighted by atomic mass is 10.0. The van der Waals surface area contributed by atoms with Gasteiger partial charge in [0.15, 0.2) is 11.6 Å². The van der Waals surface area contributed by atoms with Crippen molar-refractivity contribution in [3.8, 4) is 11.3 Å². The van der Waals surface area contributed by atoms with Crippen molar-refractivity contribution in [2.45, 2.75) is 32.0 Å². The Morgan fingerprint density at radius 1 is 1.17 bits per heavy atom. The molecule has 0 fully saturated rings. The molecule has 0 atom stereocenters. The number of fused-ring (bicyclic) bond motifs is 1. The maximum Gasteiger partial charge on any atom is 0.389 e. The molecule has 0 amide bonds. The lowest BCUT2D eigenvalue weighted by Crippen LogP contribution is -2.31. The molecule has 1 aliphatic rings. The van der Waals surface area contributed by atoms with E-state index < -0.39 is 24.2 Å². The summed E-state index contributed by atoms with van der Waals surface area (Å²) in [6, 6.07) is 3.56. The smallest absolute Gasteiger partial charge is 0.299 e. The molecule has 130 valence electrons. The summed E-state index contributed by atoms with van der Waals surface area (Å²) in [7, 11) is 0. The molecule has 8 heteroatoms. The Kier molecular flexibility index (Phi) is 4.58. The van der Waals surface area contributed by atoms with E-state index in [0.717, 1.165) is 23.4 Å². The van der Waals surface area contributed by atoms with Gasteiger partial charge in [0.1, 0.15) is 0 Å². The third-order valence-electron chi connectivity index (χ3n) is 4.14. The zero-order valence-electron chi connectivity index (χ0n) is 12.8. The predicted molar refractivity (Wildman–Crippen MR) is 78.2 cm³/mol. The fourth-order valence-corrected chi connectivity index (χ4v) is 2.93. The fraction of sp³-hybridized carbons (Fsp3) is 0.438.